The summed E-state index contributed by atoms with van der Waals surface area (Å²) in [5, 5.41) is 3.61. The van der Waals surface area contributed by atoms with Gasteiger partial charge in [0.05, 0.1) is 6.04 Å². The van der Waals surface area contributed by atoms with Crippen LogP contribution in [0.25, 0.3) is 0 Å². The fourth-order valence-electron chi connectivity index (χ4n) is 3.10. The number of likely N-dealkylation sites (N-methyl/N-ethyl adjacent to an activating group) is 2. The first-order chi connectivity index (χ1) is 9.39. The van der Waals surface area contributed by atoms with Gasteiger partial charge in [0.1, 0.15) is 5.82 Å². The van der Waals surface area contributed by atoms with Gasteiger partial charge in [0.25, 0.3) is 0 Å². The number of aromatic nitrogens is 1. The summed E-state index contributed by atoms with van der Waals surface area (Å²) >= 11 is 0. The van der Waals surface area contributed by atoms with Crippen LogP contribution in [0.4, 0.5) is 5.82 Å². The molecule has 0 fully saturated rings. The molecule has 1 aromatic heterocycles. The van der Waals surface area contributed by atoms with Gasteiger partial charge in [0.2, 0.25) is 0 Å². The van der Waals surface area contributed by atoms with Crippen molar-refractivity contribution in [3.8, 4) is 0 Å². The molecule has 4 heteroatoms. The number of pyridine rings is 1. The van der Waals surface area contributed by atoms with Crippen LogP contribution >= 0.6 is 0 Å². The zero-order valence-corrected chi connectivity index (χ0v) is 13.8. The molecule has 0 saturated carbocycles. The molecule has 4 nitrogen and oxygen atoms in total. The second-order valence-corrected chi connectivity index (χ2v) is 5.74. The molecule has 0 aliphatic carbocycles. The second-order valence-electron chi connectivity index (χ2n) is 5.74. The summed E-state index contributed by atoms with van der Waals surface area (Å²) in [5.41, 5.74) is 8.46. The first-order valence-electron chi connectivity index (χ1n) is 7.59. The molecule has 3 N–H and O–H groups in total. The van der Waals surface area contributed by atoms with Gasteiger partial charge in [0, 0.05) is 17.3 Å². The van der Waals surface area contributed by atoms with Gasteiger partial charge in [-0.1, -0.05) is 20.8 Å². The Morgan fingerprint density at radius 3 is 2.35 bits per heavy atom. The SMILES string of the molecule is CCNC(c1c(C)ccnc1N)C(C)(C)N(CC)CC. The molecule has 114 valence electrons. The highest BCUT2D eigenvalue weighted by Gasteiger charge is 2.36. The number of nitrogens with zero attached hydrogens (tertiary/aromatic N) is 2. The average Bonchev–Trinajstić information content (AvgIpc) is 2.38. The molecule has 1 unspecified atom stereocenters. The Hall–Kier alpha value is -1.13. The lowest BCUT2D eigenvalue weighted by atomic mass is 9.85. The van der Waals surface area contributed by atoms with Gasteiger partial charge in [-0.3, -0.25) is 4.90 Å². The van der Waals surface area contributed by atoms with Gasteiger partial charge < -0.3 is 11.1 Å². The molecule has 0 bridgehead atoms. The number of nitrogens with two attached hydrogens (primary N) is 1. The quantitative estimate of drug-likeness (QED) is 0.805. The topological polar surface area (TPSA) is 54.2 Å². The molecular weight excluding hydrogens is 248 g/mol. The highest BCUT2D eigenvalue weighted by Crippen LogP contribution is 2.34. The van der Waals surface area contributed by atoms with E-state index >= 15 is 0 Å². The first kappa shape index (κ1) is 16.9. The minimum Gasteiger partial charge on any atom is -0.383 e. The normalized spacial score (nSPS) is 13.8. The van der Waals surface area contributed by atoms with Crippen molar-refractivity contribution in [1.29, 1.82) is 0 Å². The number of anilines is 1. The van der Waals surface area contributed by atoms with Crippen LogP contribution in [0.1, 0.15) is 51.8 Å². The second kappa shape index (κ2) is 7.04. The lowest BCUT2D eigenvalue weighted by Crippen LogP contribution is -2.53. The van der Waals surface area contributed by atoms with E-state index in [0.29, 0.717) is 5.82 Å². The van der Waals surface area contributed by atoms with Crippen LogP contribution in [0.15, 0.2) is 12.3 Å². The van der Waals surface area contributed by atoms with E-state index in [1.54, 1.807) is 6.20 Å². The van der Waals surface area contributed by atoms with Crippen LogP contribution in [-0.2, 0) is 0 Å². The standard InChI is InChI=1S/C16H30N4/c1-7-18-14(16(5,6)20(8-2)9-3)13-12(4)10-11-19-15(13)17/h10-11,14,18H,7-9H2,1-6H3,(H2,17,19). The maximum atomic E-state index is 6.16. The van der Waals surface area contributed by atoms with E-state index in [-0.39, 0.29) is 11.6 Å². The van der Waals surface area contributed by atoms with Crippen LogP contribution < -0.4 is 11.1 Å². The molecule has 1 atom stereocenters. The maximum Gasteiger partial charge on any atom is 0.128 e. The summed E-state index contributed by atoms with van der Waals surface area (Å²) in [4.78, 5) is 6.75. The number of nitrogen functional groups attached to an aromatic ring is 1. The summed E-state index contributed by atoms with van der Waals surface area (Å²) in [7, 11) is 0. The third-order valence-corrected chi connectivity index (χ3v) is 4.22. The minimum absolute atomic E-state index is 0.0264. The Labute approximate surface area is 123 Å². The molecule has 0 radical (unpaired) electrons. The van der Waals surface area contributed by atoms with Crippen LogP contribution in [0.3, 0.4) is 0 Å². The molecule has 0 saturated heterocycles. The largest absolute Gasteiger partial charge is 0.383 e. The fourth-order valence-corrected chi connectivity index (χ4v) is 3.10. The van der Waals surface area contributed by atoms with E-state index in [2.05, 4.69) is 56.7 Å². The lowest BCUT2D eigenvalue weighted by molar-refractivity contribution is 0.0917. The van der Waals surface area contributed by atoms with Crippen molar-refractivity contribution in [2.45, 2.75) is 53.1 Å². The third kappa shape index (κ3) is 3.30. The summed E-state index contributed by atoms with van der Waals surface area (Å²) in [5.74, 6) is 0.635. The zero-order valence-electron chi connectivity index (χ0n) is 13.8. The first-order valence-corrected chi connectivity index (χ1v) is 7.59. The molecule has 0 aliphatic rings. The van der Waals surface area contributed by atoms with Crippen molar-refractivity contribution in [2.24, 2.45) is 0 Å². The Morgan fingerprint density at radius 1 is 1.30 bits per heavy atom. The smallest absolute Gasteiger partial charge is 0.128 e. The minimum atomic E-state index is -0.0264. The van der Waals surface area contributed by atoms with Gasteiger partial charge in [-0.2, -0.15) is 0 Å². The average molecular weight is 278 g/mol. The van der Waals surface area contributed by atoms with Crippen molar-refractivity contribution in [1.82, 2.24) is 15.2 Å². The Kier molecular flexibility index (Phi) is 5.96. The predicted octanol–water partition coefficient (Wildman–Crippen LogP) is 2.74. The van der Waals surface area contributed by atoms with E-state index in [1.807, 2.05) is 6.07 Å². The predicted molar refractivity (Wildman–Crippen MR) is 86.8 cm³/mol. The van der Waals surface area contributed by atoms with Crippen molar-refractivity contribution in [3.63, 3.8) is 0 Å². The number of hydrogen-bond acceptors (Lipinski definition) is 4. The van der Waals surface area contributed by atoms with Gasteiger partial charge >= 0.3 is 0 Å². The number of aryl methyl sites for hydroxylation is 1. The lowest BCUT2D eigenvalue weighted by Gasteiger charge is -2.44. The molecule has 20 heavy (non-hydrogen) atoms. The Morgan fingerprint density at radius 2 is 1.90 bits per heavy atom. The molecule has 1 rings (SSSR count). The molecule has 1 aromatic rings. The van der Waals surface area contributed by atoms with E-state index in [9.17, 15) is 0 Å². The maximum absolute atomic E-state index is 6.16. The number of nitrogens with one attached hydrogen (secondary N) is 1. The van der Waals surface area contributed by atoms with Gasteiger partial charge in [-0.25, -0.2) is 4.98 Å². The third-order valence-electron chi connectivity index (χ3n) is 4.22. The van der Waals surface area contributed by atoms with E-state index < -0.39 is 0 Å². The van der Waals surface area contributed by atoms with Crippen molar-refractivity contribution >= 4 is 5.82 Å². The van der Waals surface area contributed by atoms with E-state index in [4.69, 9.17) is 5.73 Å². The van der Waals surface area contributed by atoms with Gasteiger partial charge in [-0.15, -0.1) is 0 Å². The summed E-state index contributed by atoms with van der Waals surface area (Å²) in [6.07, 6.45) is 1.78. The van der Waals surface area contributed by atoms with Crippen molar-refractivity contribution in [3.05, 3.63) is 23.4 Å². The van der Waals surface area contributed by atoms with Crippen molar-refractivity contribution < 1.29 is 0 Å². The summed E-state index contributed by atoms with van der Waals surface area (Å²) in [6.45, 7) is 16.1. The highest BCUT2D eigenvalue weighted by atomic mass is 15.2. The molecule has 0 aromatic carbocycles. The van der Waals surface area contributed by atoms with E-state index in [1.165, 1.54) is 5.56 Å². The molecule has 0 amide bonds. The summed E-state index contributed by atoms with van der Waals surface area (Å²) < 4.78 is 0. The van der Waals surface area contributed by atoms with E-state index in [0.717, 1.165) is 25.2 Å². The van der Waals surface area contributed by atoms with Crippen LogP contribution in [0, 0.1) is 6.92 Å². The molecule has 0 spiro atoms. The highest BCUT2D eigenvalue weighted by molar-refractivity contribution is 5.47. The van der Waals surface area contributed by atoms with Crippen molar-refractivity contribution in [2.75, 3.05) is 25.4 Å². The molecular formula is C16H30N4. The number of rotatable bonds is 7. The molecule has 1 heterocycles. The summed E-state index contributed by atoms with van der Waals surface area (Å²) in [6, 6.07) is 2.20. The van der Waals surface area contributed by atoms with Crippen LogP contribution in [-0.4, -0.2) is 35.1 Å². The fraction of sp³-hybridized carbons (Fsp3) is 0.688. The van der Waals surface area contributed by atoms with Crippen LogP contribution in [0.2, 0.25) is 0 Å². The zero-order chi connectivity index (χ0) is 15.3. The van der Waals surface area contributed by atoms with Crippen LogP contribution in [0.5, 0.6) is 0 Å². The molecule has 0 aliphatic heterocycles. The number of hydrogen-bond donors (Lipinski definition) is 2. The Bertz CT molecular complexity index is 404. The van der Waals surface area contributed by atoms with Gasteiger partial charge in [0.15, 0.2) is 0 Å². The monoisotopic (exact) mass is 278 g/mol. The van der Waals surface area contributed by atoms with Gasteiger partial charge in [-0.05, 0) is 52.0 Å². The Balaban J connectivity index is 3.30.